The quantitative estimate of drug-likeness (QED) is 0.168. The van der Waals surface area contributed by atoms with Crippen LogP contribution in [0.15, 0.2) is 97.2 Å². The van der Waals surface area contributed by atoms with Crippen molar-refractivity contribution >= 4 is 16.9 Å². The first-order valence-electron chi connectivity index (χ1n) is 13.3. The van der Waals surface area contributed by atoms with E-state index < -0.39 is 17.7 Å². The van der Waals surface area contributed by atoms with Crippen LogP contribution < -0.4 is 9.47 Å². The van der Waals surface area contributed by atoms with Crippen LogP contribution in [0.1, 0.15) is 27.8 Å². The van der Waals surface area contributed by atoms with E-state index in [0.717, 1.165) is 33.9 Å². The summed E-state index contributed by atoms with van der Waals surface area (Å²) in [6.07, 6.45) is -2.47. The van der Waals surface area contributed by atoms with E-state index in [1.807, 2.05) is 67.6 Å². The minimum atomic E-state index is -4.54. The minimum absolute atomic E-state index is 0.0886. The number of carbonyl (C=O) groups is 1. The molecule has 0 saturated carbocycles. The zero-order valence-corrected chi connectivity index (χ0v) is 23.1. The smallest absolute Gasteiger partial charge is 0.418 e. The summed E-state index contributed by atoms with van der Waals surface area (Å²) in [5.41, 5.74) is 4.40. The summed E-state index contributed by atoms with van der Waals surface area (Å²) in [6, 6.07) is 26.6. The number of aryl methyl sites for hydroxylation is 1. The van der Waals surface area contributed by atoms with E-state index in [1.165, 1.54) is 13.2 Å². The topological polar surface area (TPSA) is 57.7 Å². The number of alkyl halides is 3. The molecule has 0 aliphatic heterocycles. The molecule has 0 fully saturated rings. The van der Waals surface area contributed by atoms with Crippen molar-refractivity contribution in [2.45, 2.75) is 26.1 Å². The number of pyridine rings is 1. The van der Waals surface area contributed by atoms with Gasteiger partial charge in [0.1, 0.15) is 18.1 Å². The van der Waals surface area contributed by atoms with Gasteiger partial charge in [0.2, 0.25) is 0 Å². The third-order valence-corrected chi connectivity index (χ3v) is 6.96. The summed E-state index contributed by atoms with van der Waals surface area (Å²) in [4.78, 5) is 15.6. The maximum atomic E-state index is 13.9. The minimum Gasteiger partial charge on any atom is -0.489 e. The number of halogens is 3. The molecule has 5 nitrogen and oxygen atoms in total. The molecular weight excluding hydrogens is 543 g/mol. The molecule has 0 N–H and O–H groups in total. The zero-order chi connectivity index (χ0) is 29.7. The van der Waals surface area contributed by atoms with Gasteiger partial charge in [0.05, 0.1) is 18.2 Å². The van der Waals surface area contributed by atoms with E-state index in [9.17, 15) is 18.0 Å². The highest BCUT2D eigenvalue weighted by Gasteiger charge is 2.33. The van der Waals surface area contributed by atoms with E-state index >= 15 is 0 Å². The Kier molecular flexibility index (Phi) is 8.43. The van der Waals surface area contributed by atoms with Crippen LogP contribution in [0.2, 0.25) is 0 Å². The number of esters is 1. The van der Waals surface area contributed by atoms with Crippen LogP contribution in [0.4, 0.5) is 13.2 Å². The summed E-state index contributed by atoms with van der Waals surface area (Å²) < 4.78 is 57.7. The Morgan fingerprint density at radius 1 is 0.833 bits per heavy atom. The van der Waals surface area contributed by atoms with Crippen LogP contribution in [0.25, 0.3) is 22.0 Å². The first kappa shape index (κ1) is 28.7. The van der Waals surface area contributed by atoms with E-state index in [0.29, 0.717) is 28.9 Å². The van der Waals surface area contributed by atoms with Crippen LogP contribution in [0.5, 0.6) is 11.5 Å². The van der Waals surface area contributed by atoms with E-state index in [-0.39, 0.29) is 18.7 Å². The van der Waals surface area contributed by atoms with Crippen molar-refractivity contribution in [3.63, 3.8) is 0 Å². The average Bonchev–Trinajstić information content (AvgIpc) is 2.99. The molecule has 0 bridgehead atoms. The van der Waals surface area contributed by atoms with Gasteiger partial charge in [0.15, 0.2) is 6.61 Å². The molecule has 0 amide bonds. The standard InChI is InChI=1S/C34H28F3NO4/c1-22-7-3-4-8-24(22)17-26-19-38-33-29(11-6-12-30(33)34(35,36)37)32(26)25-9-5-10-28(18-25)41-20-23-13-15-27(16-14-23)42-21-31(39)40-2/h3-16,18-19H,17,20-21H2,1-2H3. The molecule has 0 aliphatic carbocycles. The zero-order valence-electron chi connectivity index (χ0n) is 23.1. The number of hydrogen-bond donors (Lipinski definition) is 0. The summed E-state index contributed by atoms with van der Waals surface area (Å²) in [6.45, 7) is 2.09. The lowest BCUT2D eigenvalue weighted by atomic mass is 9.91. The molecule has 5 rings (SSSR count). The van der Waals surface area contributed by atoms with Crippen molar-refractivity contribution in [2.75, 3.05) is 13.7 Å². The molecule has 214 valence electrons. The molecule has 42 heavy (non-hydrogen) atoms. The van der Waals surface area contributed by atoms with Crippen molar-refractivity contribution in [3.8, 4) is 22.6 Å². The van der Waals surface area contributed by atoms with Gasteiger partial charge in [-0.3, -0.25) is 4.98 Å². The Balaban J connectivity index is 1.47. The van der Waals surface area contributed by atoms with Gasteiger partial charge in [-0.2, -0.15) is 13.2 Å². The molecule has 0 saturated heterocycles. The molecule has 8 heteroatoms. The third-order valence-electron chi connectivity index (χ3n) is 6.96. The number of rotatable bonds is 9. The number of aromatic nitrogens is 1. The molecule has 0 atom stereocenters. The van der Waals surface area contributed by atoms with Crippen LogP contribution in [0.3, 0.4) is 0 Å². The maximum Gasteiger partial charge on any atom is 0.418 e. The molecule has 1 heterocycles. The Labute approximate surface area is 241 Å². The number of fused-ring (bicyclic) bond motifs is 1. The van der Waals surface area contributed by atoms with Crippen molar-refractivity contribution in [1.82, 2.24) is 4.98 Å². The summed E-state index contributed by atoms with van der Waals surface area (Å²) in [7, 11) is 1.29. The Morgan fingerprint density at radius 2 is 1.60 bits per heavy atom. The van der Waals surface area contributed by atoms with Crippen LogP contribution in [-0.4, -0.2) is 24.7 Å². The fourth-order valence-corrected chi connectivity index (χ4v) is 4.77. The second-order valence-corrected chi connectivity index (χ2v) is 9.79. The number of para-hydroxylation sites is 1. The Morgan fingerprint density at radius 3 is 2.33 bits per heavy atom. The van der Waals surface area contributed by atoms with Gasteiger partial charge in [-0.1, -0.05) is 60.7 Å². The molecule has 0 unspecified atom stereocenters. The maximum absolute atomic E-state index is 13.9. The Hall–Kier alpha value is -4.85. The number of nitrogens with zero attached hydrogens (tertiary/aromatic N) is 1. The number of hydrogen-bond acceptors (Lipinski definition) is 5. The SMILES string of the molecule is COC(=O)COc1ccc(COc2cccc(-c3c(Cc4ccccc4C)cnc4c(C(F)(F)F)cccc34)c2)cc1. The molecule has 0 spiro atoms. The van der Waals surface area contributed by atoms with Gasteiger partial charge in [0, 0.05) is 11.6 Å². The van der Waals surface area contributed by atoms with Crippen molar-refractivity contribution in [1.29, 1.82) is 0 Å². The highest BCUT2D eigenvalue weighted by Crippen LogP contribution is 2.39. The van der Waals surface area contributed by atoms with Gasteiger partial charge in [-0.25, -0.2) is 4.79 Å². The van der Waals surface area contributed by atoms with Gasteiger partial charge in [0.25, 0.3) is 0 Å². The van der Waals surface area contributed by atoms with E-state index in [4.69, 9.17) is 9.47 Å². The van der Waals surface area contributed by atoms with Crippen molar-refractivity contribution in [2.24, 2.45) is 0 Å². The number of carbonyl (C=O) groups excluding carboxylic acids is 1. The second kappa shape index (κ2) is 12.3. The first-order valence-corrected chi connectivity index (χ1v) is 13.3. The van der Waals surface area contributed by atoms with E-state index in [2.05, 4.69) is 9.72 Å². The fourth-order valence-electron chi connectivity index (χ4n) is 4.77. The lowest BCUT2D eigenvalue weighted by Crippen LogP contribution is -2.12. The molecule has 1 aromatic heterocycles. The molecule has 5 aromatic rings. The van der Waals surface area contributed by atoms with Crippen molar-refractivity contribution < 1.29 is 32.2 Å². The second-order valence-electron chi connectivity index (χ2n) is 9.79. The monoisotopic (exact) mass is 571 g/mol. The average molecular weight is 572 g/mol. The summed E-state index contributed by atoms with van der Waals surface area (Å²) in [5, 5.41) is 0.426. The predicted molar refractivity (Wildman–Crippen MR) is 154 cm³/mol. The number of methoxy groups -OCH3 is 1. The predicted octanol–water partition coefficient (Wildman–Crippen LogP) is 7.95. The lowest BCUT2D eigenvalue weighted by Gasteiger charge is -2.17. The van der Waals surface area contributed by atoms with Gasteiger partial charge in [-0.15, -0.1) is 0 Å². The third kappa shape index (κ3) is 6.54. The molecule has 4 aromatic carbocycles. The largest absolute Gasteiger partial charge is 0.489 e. The lowest BCUT2D eigenvalue weighted by molar-refractivity contribution is -0.143. The summed E-state index contributed by atoms with van der Waals surface area (Å²) >= 11 is 0. The molecule has 0 aliphatic rings. The fraction of sp³-hybridized carbons (Fsp3) is 0.176. The van der Waals surface area contributed by atoms with Crippen molar-refractivity contribution in [3.05, 3.63) is 125 Å². The highest BCUT2D eigenvalue weighted by atomic mass is 19.4. The highest BCUT2D eigenvalue weighted by molar-refractivity contribution is 5.98. The summed E-state index contributed by atoms with van der Waals surface area (Å²) in [5.74, 6) is 0.619. The Bertz CT molecular complexity index is 1720. The normalized spacial score (nSPS) is 11.4. The number of benzene rings is 4. The van der Waals surface area contributed by atoms with Crippen LogP contribution >= 0.6 is 0 Å². The molecular formula is C34H28F3NO4. The van der Waals surface area contributed by atoms with Gasteiger partial charge >= 0.3 is 12.1 Å². The van der Waals surface area contributed by atoms with Gasteiger partial charge < -0.3 is 14.2 Å². The van der Waals surface area contributed by atoms with Gasteiger partial charge in [-0.05, 0) is 77.1 Å². The van der Waals surface area contributed by atoms with Crippen LogP contribution in [0, 0.1) is 6.92 Å². The first-order chi connectivity index (χ1) is 20.2. The number of ether oxygens (including phenoxy) is 3. The molecule has 0 radical (unpaired) electrons. The van der Waals surface area contributed by atoms with E-state index in [1.54, 1.807) is 24.4 Å². The van der Waals surface area contributed by atoms with Crippen LogP contribution in [-0.2, 0) is 28.7 Å².